The van der Waals surface area contributed by atoms with E-state index in [1.54, 1.807) is 5.57 Å². The van der Waals surface area contributed by atoms with Gasteiger partial charge in [-0.2, -0.15) is 0 Å². The topological polar surface area (TPSA) is 20.2 Å². The fraction of sp³-hybridized carbons (Fsp3) is 0.760. The predicted molar refractivity (Wildman–Crippen MR) is 112 cm³/mol. The molecular weight excluding hydrogens is 316 g/mol. The number of aliphatic hydroxyl groups excluding tert-OH is 1. The van der Waals surface area contributed by atoms with Crippen LogP contribution in [0.15, 0.2) is 35.5 Å². The van der Waals surface area contributed by atoms with Gasteiger partial charge in [-0.05, 0) is 100 Å². The molecule has 0 saturated heterocycles. The molecule has 0 bridgehead atoms. The minimum absolute atomic E-state index is 0.203. The van der Waals surface area contributed by atoms with Crippen LogP contribution in [0.25, 0.3) is 0 Å². The third-order valence-electron chi connectivity index (χ3n) is 8.31. The number of allylic oxidation sites excluding steroid dienone is 4. The van der Waals surface area contributed by atoms with Gasteiger partial charge in [0, 0.05) is 0 Å². The summed E-state index contributed by atoms with van der Waals surface area (Å²) >= 11 is 0. The zero-order valence-corrected chi connectivity index (χ0v) is 17.6. The van der Waals surface area contributed by atoms with Crippen LogP contribution in [-0.2, 0) is 0 Å². The van der Waals surface area contributed by atoms with Crippen molar-refractivity contribution in [2.75, 3.05) is 6.61 Å². The average molecular weight is 357 g/mol. The largest absolute Gasteiger partial charge is 0.392 e. The minimum atomic E-state index is 0.203. The Hall–Kier alpha value is -0.820. The van der Waals surface area contributed by atoms with E-state index in [-0.39, 0.29) is 6.61 Å². The van der Waals surface area contributed by atoms with Gasteiger partial charge >= 0.3 is 0 Å². The average Bonchev–Trinajstić information content (AvgIpc) is 3.12. The lowest BCUT2D eigenvalue weighted by atomic mass is 9.64. The van der Waals surface area contributed by atoms with Gasteiger partial charge in [0.1, 0.15) is 0 Å². The first-order chi connectivity index (χ1) is 12.4. The molecule has 0 amide bonds. The van der Waals surface area contributed by atoms with Gasteiger partial charge in [-0.3, -0.25) is 0 Å². The highest BCUT2D eigenvalue weighted by Gasteiger charge is 2.49. The molecule has 1 heteroatoms. The Morgan fingerprint density at radius 3 is 2.88 bits per heavy atom. The fourth-order valence-electron chi connectivity index (χ4n) is 6.48. The molecule has 1 N–H and O–H groups in total. The van der Waals surface area contributed by atoms with Gasteiger partial charge in [0.25, 0.3) is 0 Å². The van der Waals surface area contributed by atoms with Gasteiger partial charge in [-0.25, -0.2) is 0 Å². The Morgan fingerprint density at radius 1 is 1.38 bits per heavy atom. The van der Waals surface area contributed by atoms with Crippen LogP contribution in [0.5, 0.6) is 0 Å². The summed E-state index contributed by atoms with van der Waals surface area (Å²) in [5, 5.41) is 9.20. The molecule has 0 radical (unpaired) electrons. The van der Waals surface area contributed by atoms with Crippen molar-refractivity contribution in [1.82, 2.24) is 0 Å². The van der Waals surface area contributed by atoms with Crippen LogP contribution in [0.1, 0.15) is 79.1 Å². The molecule has 2 saturated carbocycles. The van der Waals surface area contributed by atoms with E-state index in [1.165, 1.54) is 50.5 Å². The van der Waals surface area contributed by atoms with Gasteiger partial charge in [-0.1, -0.05) is 49.3 Å². The van der Waals surface area contributed by atoms with E-state index in [2.05, 4.69) is 39.5 Å². The van der Waals surface area contributed by atoms with E-state index in [0.29, 0.717) is 5.41 Å². The molecule has 146 valence electrons. The maximum atomic E-state index is 9.20. The number of hydrogen-bond donors (Lipinski definition) is 1. The number of hydrogen-bond acceptors (Lipinski definition) is 1. The standard InChI is InChI=1S/C25H40O/c1-17(16-26)7-6-8-18(2)22-13-14-25(5)15-23-20(4)9-11-21(23)19(3)10-12-24(22)25/h7,10,18,21-24,26H,4,6,8-9,11-16H2,1-3,5H3/b17-7+,19-10-/t18-,21-,22+,23?,24+,25-/m0/s1. The van der Waals surface area contributed by atoms with Crippen molar-refractivity contribution in [2.45, 2.75) is 79.1 Å². The molecular formula is C25H40O. The molecule has 6 atom stereocenters. The van der Waals surface area contributed by atoms with Gasteiger partial charge < -0.3 is 5.11 Å². The smallest absolute Gasteiger partial charge is 0.0639 e. The van der Waals surface area contributed by atoms with Gasteiger partial charge in [-0.15, -0.1) is 0 Å². The maximum absolute atomic E-state index is 9.20. The van der Waals surface area contributed by atoms with Crippen LogP contribution in [0.2, 0.25) is 0 Å². The third-order valence-corrected chi connectivity index (χ3v) is 8.31. The molecule has 0 heterocycles. The number of fused-ring (bicyclic) bond motifs is 2. The molecule has 0 aliphatic heterocycles. The van der Waals surface area contributed by atoms with E-state index in [4.69, 9.17) is 0 Å². The number of aliphatic hydroxyl groups is 1. The van der Waals surface area contributed by atoms with E-state index in [1.807, 2.05) is 6.92 Å². The van der Waals surface area contributed by atoms with E-state index < -0.39 is 0 Å². The van der Waals surface area contributed by atoms with Crippen molar-refractivity contribution in [3.05, 3.63) is 35.5 Å². The van der Waals surface area contributed by atoms with Crippen LogP contribution in [0.4, 0.5) is 0 Å². The monoisotopic (exact) mass is 356 g/mol. The highest BCUT2D eigenvalue weighted by Crippen LogP contribution is 2.59. The lowest BCUT2D eigenvalue weighted by Gasteiger charge is -2.41. The fourth-order valence-corrected chi connectivity index (χ4v) is 6.48. The summed E-state index contributed by atoms with van der Waals surface area (Å²) in [6.45, 7) is 14.1. The molecule has 2 fully saturated rings. The molecule has 3 aliphatic carbocycles. The Kier molecular flexibility index (Phi) is 6.17. The maximum Gasteiger partial charge on any atom is 0.0639 e. The normalized spacial score (nSPS) is 41.0. The Morgan fingerprint density at radius 2 is 2.15 bits per heavy atom. The quantitative estimate of drug-likeness (QED) is 0.544. The summed E-state index contributed by atoms with van der Waals surface area (Å²) in [4.78, 5) is 0. The molecule has 0 spiro atoms. The van der Waals surface area contributed by atoms with Crippen LogP contribution in [0.3, 0.4) is 0 Å². The summed E-state index contributed by atoms with van der Waals surface area (Å²) in [7, 11) is 0. The second kappa shape index (κ2) is 8.05. The predicted octanol–water partition coefficient (Wildman–Crippen LogP) is 6.70. The molecule has 0 aromatic heterocycles. The van der Waals surface area contributed by atoms with Crippen molar-refractivity contribution >= 4 is 0 Å². The Balaban J connectivity index is 1.73. The molecule has 1 nitrogen and oxygen atoms in total. The van der Waals surface area contributed by atoms with Crippen LogP contribution < -0.4 is 0 Å². The lowest BCUT2D eigenvalue weighted by Crippen LogP contribution is -2.32. The Labute approximate surface area is 161 Å². The SMILES string of the molecule is C=C1CC[C@H]2/C(C)=C\C[C@@H]3[C@@H]([C@@H](C)CC/C=C(\C)CO)CC[C@@]3(C)CC12. The summed E-state index contributed by atoms with van der Waals surface area (Å²) in [6.07, 6.45) is 15.3. The van der Waals surface area contributed by atoms with Crippen molar-refractivity contribution in [1.29, 1.82) is 0 Å². The lowest BCUT2D eigenvalue weighted by molar-refractivity contribution is 0.121. The van der Waals surface area contributed by atoms with Crippen molar-refractivity contribution in [3.63, 3.8) is 0 Å². The second-order valence-electron chi connectivity index (χ2n) is 10.0. The van der Waals surface area contributed by atoms with Crippen LogP contribution in [0, 0.1) is 35.0 Å². The van der Waals surface area contributed by atoms with E-state index >= 15 is 0 Å². The van der Waals surface area contributed by atoms with Crippen molar-refractivity contribution < 1.29 is 5.11 Å². The molecule has 0 aromatic carbocycles. The summed E-state index contributed by atoms with van der Waals surface area (Å²) in [6, 6.07) is 0. The Bertz CT molecular complexity index is 583. The first kappa shape index (κ1) is 19.9. The summed E-state index contributed by atoms with van der Waals surface area (Å²) in [5.74, 6) is 4.00. The van der Waals surface area contributed by atoms with E-state index in [9.17, 15) is 5.11 Å². The molecule has 26 heavy (non-hydrogen) atoms. The zero-order valence-electron chi connectivity index (χ0n) is 17.6. The van der Waals surface area contributed by atoms with Crippen molar-refractivity contribution in [3.8, 4) is 0 Å². The molecule has 0 aromatic rings. The van der Waals surface area contributed by atoms with Gasteiger partial charge in [0.15, 0.2) is 0 Å². The minimum Gasteiger partial charge on any atom is -0.392 e. The molecule has 3 aliphatic rings. The van der Waals surface area contributed by atoms with Crippen molar-refractivity contribution in [2.24, 2.45) is 35.0 Å². The molecule has 1 unspecified atom stereocenters. The first-order valence-electron chi connectivity index (χ1n) is 11.0. The highest BCUT2D eigenvalue weighted by atomic mass is 16.3. The third kappa shape index (κ3) is 3.88. The second-order valence-corrected chi connectivity index (χ2v) is 10.0. The van der Waals surface area contributed by atoms with Gasteiger partial charge in [0.2, 0.25) is 0 Å². The van der Waals surface area contributed by atoms with E-state index in [0.717, 1.165) is 41.6 Å². The van der Waals surface area contributed by atoms with Crippen LogP contribution in [-0.4, -0.2) is 11.7 Å². The number of rotatable bonds is 5. The van der Waals surface area contributed by atoms with Crippen LogP contribution >= 0.6 is 0 Å². The summed E-state index contributed by atoms with van der Waals surface area (Å²) in [5.41, 5.74) is 4.80. The highest BCUT2D eigenvalue weighted by molar-refractivity contribution is 5.22. The first-order valence-corrected chi connectivity index (χ1v) is 11.0. The molecule has 3 rings (SSSR count). The van der Waals surface area contributed by atoms with Gasteiger partial charge in [0.05, 0.1) is 6.61 Å². The zero-order chi connectivity index (χ0) is 18.9. The summed E-state index contributed by atoms with van der Waals surface area (Å²) < 4.78 is 0.